The van der Waals surface area contributed by atoms with Gasteiger partial charge in [0.25, 0.3) is 11.1 Å². The molecule has 2 aromatic carbocycles. The summed E-state index contributed by atoms with van der Waals surface area (Å²) in [6, 6.07) is 14.3. The summed E-state index contributed by atoms with van der Waals surface area (Å²) in [5.74, 6) is 3.83. The van der Waals surface area contributed by atoms with E-state index in [2.05, 4.69) is 18.2 Å². The van der Waals surface area contributed by atoms with Gasteiger partial charge in [-0.1, -0.05) is 23.8 Å². The molecule has 2 amide bonds. The van der Waals surface area contributed by atoms with Crippen LogP contribution in [0.15, 0.2) is 47.4 Å². The smallest absolute Gasteiger partial charge is 0.293 e. The highest BCUT2D eigenvalue weighted by Crippen LogP contribution is 2.61. The summed E-state index contributed by atoms with van der Waals surface area (Å²) in [4.78, 5) is 27.7. The van der Waals surface area contributed by atoms with E-state index in [1.807, 2.05) is 44.2 Å². The summed E-state index contributed by atoms with van der Waals surface area (Å²) in [6.07, 6.45) is 9.93. The highest BCUT2D eigenvalue weighted by atomic mass is 32.2. The normalized spacial score (nSPS) is 29.4. The van der Waals surface area contributed by atoms with Crippen LogP contribution in [0.25, 0.3) is 6.08 Å². The van der Waals surface area contributed by atoms with E-state index in [4.69, 9.17) is 9.47 Å². The van der Waals surface area contributed by atoms with Crippen molar-refractivity contribution in [3.05, 3.63) is 64.1 Å². The lowest BCUT2D eigenvalue weighted by Crippen LogP contribution is -2.48. The van der Waals surface area contributed by atoms with Gasteiger partial charge in [0.1, 0.15) is 18.1 Å². The number of hydrogen-bond donors (Lipinski definition) is 0. The summed E-state index contributed by atoms with van der Waals surface area (Å²) in [5, 5.41) is -0.251. The zero-order valence-electron chi connectivity index (χ0n) is 21.7. The number of thioether (sulfide) groups is 1. The van der Waals surface area contributed by atoms with Crippen LogP contribution in [0.4, 0.5) is 4.79 Å². The van der Waals surface area contributed by atoms with Crippen molar-refractivity contribution in [2.45, 2.75) is 57.8 Å². The minimum absolute atomic E-state index is 0.224. The van der Waals surface area contributed by atoms with E-state index in [9.17, 15) is 9.59 Å². The summed E-state index contributed by atoms with van der Waals surface area (Å²) < 4.78 is 11.7. The van der Waals surface area contributed by atoms with Gasteiger partial charge in [0.15, 0.2) is 0 Å². The van der Waals surface area contributed by atoms with Gasteiger partial charge in [0.05, 0.1) is 18.1 Å². The quantitative estimate of drug-likeness (QED) is 0.354. The number of imide groups is 1. The van der Waals surface area contributed by atoms with Crippen LogP contribution >= 0.6 is 11.8 Å². The number of aryl methyl sites for hydroxylation is 1. The number of amides is 2. The summed E-state index contributed by atoms with van der Waals surface area (Å²) in [5.41, 5.74) is 3.69. The average molecular weight is 518 g/mol. The second-order valence-electron chi connectivity index (χ2n) is 11.4. The number of benzene rings is 2. The summed E-state index contributed by atoms with van der Waals surface area (Å²) in [7, 11) is 0. The standard InChI is InChI=1S/C31H35NO4S/c1-3-35-27-9-6-25(31-17-21-12-22(18-31)14-23(13-21)19-31)15-24(27)16-28-29(33)32(30(34)37-28)10-11-36-26-7-4-20(2)5-8-26/h4-9,15-16,21-23H,3,10-14,17-19H2,1-2H3/b28-16-. The second-order valence-corrected chi connectivity index (χ2v) is 12.4. The monoisotopic (exact) mass is 517 g/mol. The minimum atomic E-state index is -0.259. The van der Waals surface area contributed by atoms with Crippen LogP contribution in [0, 0.1) is 24.7 Å². The Labute approximate surface area is 223 Å². The van der Waals surface area contributed by atoms with Crippen LogP contribution in [-0.2, 0) is 10.2 Å². The average Bonchev–Trinajstić information content (AvgIpc) is 3.13. The van der Waals surface area contributed by atoms with E-state index in [-0.39, 0.29) is 29.7 Å². The Morgan fingerprint density at radius 3 is 2.30 bits per heavy atom. The van der Waals surface area contributed by atoms with Crippen molar-refractivity contribution < 1.29 is 19.1 Å². The molecule has 7 rings (SSSR count). The van der Waals surface area contributed by atoms with Crippen molar-refractivity contribution in [1.29, 1.82) is 0 Å². The third kappa shape index (κ3) is 4.81. The van der Waals surface area contributed by atoms with Gasteiger partial charge in [0.2, 0.25) is 0 Å². The van der Waals surface area contributed by atoms with E-state index in [0.29, 0.717) is 11.5 Å². The molecule has 194 valence electrons. The van der Waals surface area contributed by atoms with E-state index in [0.717, 1.165) is 52.1 Å². The summed E-state index contributed by atoms with van der Waals surface area (Å²) >= 11 is 1.00. The number of rotatable bonds is 8. The zero-order chi connectivity index (χ0) is 25.6. The largest absolute Gasteiger partial charge is 0.493 e. The molecule has 4 saturated carbocycles. The van der Waals surface area contributed by atoms with Gasteiger partial charge in [-0.15, -0.1) is 0 Å². The molecule has 4 bridgehead atoms. The van der Waals surface area contributed by atoms with Gasteiger partial charge < -0.3 is 9.47 Å². The third-order valence-electron chi connectivity index (χ3n) is 8.73. The molecular formula is C31H35NO4S. The number of hydrogen-bond acceptors (Lipinski definition) is 5. The van der Waals surface area contributed by atoms with Crippen LogP contribution in [-0.4, -0.2) is 35.8 Å². The zero-order valence-corrected chi connectivity index (χ0v) is 22.5. The lowest BCUT2D eigenvalue weighted by Gasteiger charge is -2.57. The van der Waals surface area contributed by atoms with Gasteiger partial charge in [-0.05, 0) is 123 Å². The Morgan fingerprint density at radius 2 is 1.65 bits per heavy atom. The Kier molecular flexibility index (Phi) is 6.56. The van der Waals surface area contributed by atoms with Crippen LogP contribution in [0.2, 0.25) is 0 Å². The second kappa shape index (κ2) is 9.86. The van der Waals surface area contributed by atoms with Gasteiger partial charge in [0, 0.05) is 5.56 Å². The predicted molar refractivity (Wildman–Crippen MR) is 147 cm³/mol. The number of ether oxygens (including phenoxy) is 2. The van der Waals surface area contributed by atoms with Gasteiger partial charge >= 0.3 is 0 Å². The first-order valence-corrected chi connectivity index (χ1v) is 14.5. The molecule has 0 N–H and O–H groups in total. The van der Waals surface area contributed by atoms with Crippen LogP contribution in [0.1, 0.15) is 62.1 Å². The number of nitrogens with zero attached hydrogens (tertiary/aromatic N) is 1. The molecule has 1 heterocycles. The number of carbonyl (C=O) groups is 2. The molecule has 5 fully saturated rings. The molecule has 5 nitrogen and oxygen atoms in total. The minimum Gasteiger partial charge on any atom is -0.493 e. The fraction of sp³-hybridized carbons (Fsp3) is 0.484. The fourth-order valence-corrected chi connectivity index (χ4v) is 8.32. The molecule has 5 aliphatic rings. The van der Waals surface area contributed by atoms with Gasteiger partial charge in [-0.25, -0.2) is 0 Å². The van der Waals surface area contributed by atoms with Crippen molar-refractivity contribution in [3.8, 4) is 11.5 Å². The molecular weight excluding hydrogens is 482 g/mol. The molecule has 37 heavy (non-hydrogen) atoms. The maximum absolute atomic E-state index is 13.2. The van der Waals surface area contributed by atoms with Crippen molar-refractivity contribution in [3.63, 3.8) is 0 Å². The van der Waals surface area contributed by atoms with E-state index >= 15 is 0 Å². The van der Waals surface area contributed by atoms with E-state index < -0.39 is 0 Å². The highest BCUT2D eigenvalue weighted by Gasteiger charge is 2.51. The van der Waals surface area contributed by atoms with Gasteiger partial charge in [-0.2, -0.15) is 0 Å². The maximum atomic E-state index is 13.2. The SMILES string of the molecule is CCOc1ccc(C23CC4CC(CC(C4)C2)C3)cc1/C=C1\SC(=O)N(CCOc2ccc(C)cc2)C1=O. The van der Waals surface area contributed by atoms with Crippen molar-refractivity contribution in [1.82, 2.24) is 4.90 Å². The van der Waals surface area contributed by atoms with Crippen molar-refractivity contribution >= 4 is 29.0 Å². The Balaban J connectivity index is 1.21. The van der Waals surface area contributed by atoms with Crippen molar-refractivity contribution in [2.75, 3.05) is 19.8 Å². The predicted octanol–water partition coefficient (Wildman–Crippen LogP) is 6.98. The molecule has 6 heteroatoms. The Bertz CT molecular complexity index is 1200. The highest BCUT2D eigenvalue weighted by molar-refractivity contribution is 8.18. The van der Waals surface area contributed by atoms with Crippen molar-refractivity contribution in [2.24, 2.45) is 17.8 Å². The first-order chi connectivity index (χ1) is 17.9. The first kappa shape index (κ1) is 24.6. The van der Waals surface area contributed by atoms with E-state index in [1.165, 1.54) is 49.0 Å². The Hall–Kier alpha value is -2.73. The fourth-order valence-electron chi connectivity index (χ4n) is 7.47. The van der Waals surface area contributed by atoms with Crippen LogP contribution in [0.5, 0.6) is 11.5 Å². The maximum Gasteiger partial charge on any atom is 0.293 e. The van der Waals surface area contributed by atoms with E-state index in [1.54, 1.807) is 0 Å². The molecule has 1 aliphatic heterocycles. The van der Waals surface area contributed by atoms with Crippen LogP contribution < -0.4 is 9.47 Å². The molecule has 0 unspecified atom stereocenters. The molecule has 0 radical (unpaired) electrons. The molecule has 2 aromatic rings. The molecule has 1 saturated heterocycles. The summed E-state index contributed by atoms with van der Waals surface area (Å²) in [6.45, 7) is 5.03. The van der Waals surface area contributed by atoms with Gasteiger partial charge in [-0.3, -0.25) is 14.5 Å². The molecule has 0 atom stereocenters. The molecule has 4 aliphatic carbocycles. The van der Waals surface area contributed by atoms with Crippen LogP contribution in [0.3, 0.4) is 0 Å². The lowest BCUT2D eigenvalue weighted by molar-refractivity contribution is -0.123. The Morgan fingerprint density at radius 1 is 0.973 bits per heavy atom. The first-order valence-electron chi connectivity index (χ1n) is 13.6. The molecule has 0 aromatic heterocycles. The third-order valence-corrected chi connectivity index (χ3v) is 9.63. The molecule has 0 spiro atoms. The lowest BCUT2D eigenvalue weighted by atomic mass is 9.48. The number of carbonyl (C=O) groups excluding carboxylic acids is 2. The topological polar surface area (TPSA) is 55.8 Å².